The largest absolute Gasteiger partial charge is 0.496 e. The fourth-order valence-corrected chi connectivity index (χ4v) is 4.55. The molecule has 1 aliphatic heterocycles. The van der Waals surface area contributed by atoms with Crippen LogP contribution in [0.3, 0.4) is 0 Å². The van der Waals surface area contributed by atoms with Crippen LogP contribution in [0, 0.1) is 0 Å². The van der Waals surface area contributed by atoms with Crippen LogP contribution in [0.25, 0.3) is 16.7 Å². The van der Waals surface area contributed by atoms with E-state index < -0.39 is 0 Å². The lowest BCUT2D eigenvalue weighted by Gasteiger charge is -2.28. The summed E-state index contributed by atoms with van der Waals surface area (Å²) in [5.74, 6) is 2.74. The zero-order valence-electron chi connectivity index (χ0n) is 17.9. The first-order valence-corrected chi connectivity index (χ1v) is 10.9. The summed E-state index contributed by atoms with van der Waals surface area (Å²) >= 11 is 3.58. The summed E-state index contributed by atoms with van der Waals surface area (Å²) in [7, 11) is 4.92. The number of halogens is 1. The Morgan fingerprint density at radius 1 is 0.875 bits per heavy atom. The van der Waals surface area contributed by atoms with E-state index in [1.54, 1.807) is 21.3 Å². The van der Waals surface area contributed by atoms with Crippen LogP contribution in [0.2, 0.25) is 0 Å². The Hall–Kier alpha value is -3.45. The number of allylic oxidation sites excluding steroid dienone is 1. The van der Waals surface area contributed by atoms with Gasteiger partial charge in [-0.25, -0.2) is 4.98 Å². The number of methoxy groups -OCH3 is 3. The van der Waals surface area contributed by atoms with Crippen molar-refractivity contribution in [2.75, 3.05) is 26.6 Å². The monoisotopic (exact) mass is 491 g/mol. The molecular weight excluding hydrogens is 470 g/mol. The molecule has 1 aromatic heterocycles. The lowest BCUT2D eigenvalue weighted by Crippen LogP contribution is -2.19. The quantitative estimate of drug-likeness (QED) is 0.377. The SMILES string of the molecule is COc1cc(OC)c([C@H]2C=C(c3cccc(Br)c3)Nc3nc4ccccc4n32)cc1OC. The van der Waals surface area contributed by atoms with E-state index in [9.17, 15) is 0 Å². The molecule has 7 heteroatoms. The number of aromatic nitrogens is 2. The Morgan fingerprint density at radius 2 is 1.62 bits per heavy atom. The summed E-state index contributed by atoms with van der Waals surface area (Å²) in [5, 5.41) is 3.51. The highest BCUT2D eigenvalue weighted by molar-refractivity contribution is 9.10. The third-order valence-electron chi connectivity index (χ3n) is 5.64. The number of rotatable bonds is 5. The van der Waals surface area contributed by atoms with E-state index in [0.29, 0.717) is 17.2 Å². The van der Waals surface area contributed by atoms with Gasteiger partial charge in [0.1, 0.15) is 5.75 Å². The maximum Gasteiger partial charge on any atom is 0.209 e. The molecule has 6 nitrogen and oxygen atoms in total. The predicted molar refractivity (Wildman–Crippen MR) is 130 cm³/mol. The van der Waals surface area contributed by atoms with Crippen LogP contribution < -0.4 is 19.5 Å². The second-order valence-electron chi connectivity index (χ2n) is 7.40. The molecule has 0 saturated heterocycles. The van der Waals surface area contributed by atoms with Crippen molar-refractivity contribution in [3.63, 3.8) is 0 Å². The first-order valence-electron chi connectivity index (χ1n) is 10.1. The standard InChI is InChI=1S/C25H22BrN3O3/c1-30-22-14-24(32-3)23(31-2)12-17(22)21-13-19(15-7-6-8-16(26)11-15)28-25-27-18-9-4-5-10-20(18)29(21)25/h4-14,21H,1-3H3,(H,27,28)/t21-/m1/s1. The highest BCUT2D eigenvalue weighted by Gasteiger charge is 2.28. The molecule has 0 radical (unpaired) electrons. The number of hydrogen-bond donors (Lipinski definition) is 1. The first-order chi connectivity index (χ1) is 15.6. The second-order valence-corrected chi connectivity index (χ2v) is 8.32. The number of nitrogens with one attached hydrogen (secondary N) is 1. The molecule has 3 aromatic carbocycles. The van der Waals surface area contributed by atoms with Crippen molar-refractivity contribution in [3.8, 4) is 17.2 Å². The Morgan fingerprint density at radius 3 is 2.38 bits per heavy atom. The van der Waals surface area contributed by atoms with Gasteiger partial charge in [-0.15, -0.1) is 0 Å². The number of hydrogen-bond acceptors (Lipinski definition) is 5. The number of anilines is 1. The molecule has 0 unspecified atom stereocenters. The van der Waals surface area contributed by atoms with Crippen LogP contribution in [-0.4, -0.2) is 30.9 Å². The van der Waals surface area contributed by atoms with Crippen molar-refractivity contribution in [1.29, 1.82) is 0 Å². The van der Waals surface area contributed by atoms with Gasteiger partial charge in [-0.3, -0.25) is 4.57 Å². The van der Waals surface area contributed by atoms with Crippen LogP contribution in [0.1, 0.15) is 17.2 Å². The van der Waals surface area contributed by atoms with E-state index in [1.165, 1.54) is 0 Å². The van der Waals surface area contributed by atoms with Crippen LogP contribution in [0.15, 0.2) is 71.2 Å². The van der Waals surface area contributed by atoms with Gasteiger partial charge in [-0.1, -0.05) is 40.2 Å². The van der Waals surface area contributed by atoms with Gasteiger partial charge in [0.25, 0.3) is 0 Å². The zero-order valence-corrected chi connectivity index (χ0v) is 19.5. The summed E-state index contributed by atoms with van der Waals surface area (Å²) < 4.78 is 20.1. The molecule has 0 fully saturated rings. The van der Waals surface area contributed by atoms with Crippen molar-refractivity contribution in [3.05, 3.63) is 82.3 Å². The third-order valence-corrected chi connectivity index (χ3v) is 6.13. The van der Waals surface area contributed by atoms with Gasteiger partial charge in [0.05, 0.1) is 38.4 Å². The number of para-hydroxylation sites is 2. The first kappa shape index (κ1) is 20.5. The molecule has 32 heavy (non-hydrogen) atoms. The highest BCUT2D eigenvalue weighted by Crippen LogP contribution is 2.44. The molecule has 0 aliphatic carbocycles. The normalized spacial score (nSPS) is 15.0. The number of ether oxygens (including phenoxy) is 3. The Labute approximate surface area is 194 Å². The minimum absolute atomic E-state index is 0.178. The number of fused-ring (bicyclic) bond motifs is 3. The molecule has 1 atom stereocenters. The lowest BCUT2D eigenvalue weighted by atomic mass is 9.99. The molecule has 1 aliphatic rings. The van der Waals surface area contributed by atoms with E-state index >= 15 is 0 Å². The van der Waals surface area contributed by atoms with E-state index in [4.69, 9.17) is 19.2 Å². The van der Waals surface area contributed by atoms with Crippen molar-refractivity contribution < 1.29 is 14.2 Å². The van der Waals surface area contributed by atoms with Gasteiger partial charge in [0.2, 0.25) is 5.95 Å². The van der Waals surface area contributed by atoms with Gasteiger partial charge >= 0.3 is 0 Å². The van der Waals surface area contributed by atoms with Gasteiger partial charge < -0.3 is 19.5 Å². The van der Waals surface area contributed by atoms with E-state index in [-0.39, 0.29) is 6.04 Å². The van der Waals surface area contributed by atoms with Gasteiger partial charge in [0.15, 0.2) is 11.5 Å². The summed E-state index contributed by atoms with van der Waals surface area (Å²) in [6, 6.07) is 20.0. The topological polar surface area (TPSA) is 57.5 Å². The number of nitrogens with zero attached hydrogens (tertiary/aromatic N) is 2. The predicted octanol–water partition coefficient (Wildman–Crippen LogP) is 5.88. The molecule has 0 saturated carbocycles. The fraction of sp³-hybridized carbons (Fsp3) is 0.160. The third kappa shape index (κ3) is 3.39. The summed E-state index contributed by atoms with van der Waals surface area (Å²) in [6.07, 6.45) is 2.19. The smallest absolute Gasteiger partial charge is 0.209 e. The Kier molecular flexibility index (Phi) is 5.27. The van der Waals surface area contributed by atoms with Crippen molar-refractivity contribution >= 4 is 38.6 Å². The molecule has 5 rings (SSSR count). The average molecular weight is 492 g/mol. The Bertz CT molecular complexity index is 1350. The Balaban J connectivity index is 1.77. The fourth-order valence-electron chi connectivity index (χ4n) is 4.15. The second kappa shape index (κ2) is 8.24. The average Bonchev–Trinajstić information content (AvgIpc) is 3.21. The summed E-state index contributed by atoms with van der Waals surface area (Å²) in [5.41, 5.74) is 4.92. The van der Waals surface area contributed by atoms with Crippen LogP contribution >= 0.6 is 15.9 Å². The summed E-state index contributed by atoms with van der Waals surface area (Å²) in [4.78, 5) is 4.86. The highest BCUT2D eigenvalue weighted by atomic mass is 79.9. The van der Waals surface area contributed by atoms with E-state index in [2.05, 4.69) is 50.1 Å². The molecule has 1 N–H and O–H groups in total. The molecule has 0 amide bonds. The van der Waals surface area contributed by atoms with Gasteiger partial charge in [0, 0.05) is 21.8 Å². The molecular formula is C25H22BrN3O3. The molecule has 162 valence electrons. The molecule has 0 bridgehead atoms. The van der Waals surface area contributed by atoms with Crippen molar-refractivity contribution in [2.45, 2.75) is 6.04 Å². The lowest BCUT2D eigenvalue weighted by molar-refractivity contribution is 0.346. The van der Waals surface area contributed by atoms with Crippen LogP contribution in [-0.2, 0) is 0 Å². The summed E-state index contributed by atoms with van der Waals surface area (Å²) in [6.45, 7) is 0. The maximum atomic E-state index is 5.78. The molecule has 2 heterocycles. The minimum Gasteiger partial charge on any atom is -0.496 e. The van der Waals surface area contributed by atoms with Crippen molar-refractivity contribution in [2.24, 2.45) is 0 Å². The molecule has 4 aromatic rings. The minimum atomic E-state index is -0.178. The maximum absolute atomic E-state index is 5.78. The van der Waals surface area contributed by atoms with Gasteiger partial charge in [-0.2, -0.15) is 0 Å². The van der Waals surface area contributed by atoms with Crippen molar-refractivity contribution in [1.82, 2.24) is 9.55 Å². The zero-order chi connectivity index (χ0) is 22.2. The number of benzene rings is 3. The number of imidazole rings is 1. The van der Waals surface area contributed by atoms with Crippen LogP contribution in [0.4, 0.5) is 5.95 Å². The molecule has 0 spiro atoms. The van der Waals surface area contributed by atoms with Crippen LogP contribution in [0.5, 0.6) is 17.2 Å². The van der Waals surface area contributed by atoms with E-state index in [0.717, 1.165) is 38.3 Å². The van der Waals surface area contributed by atoms with Gasteiger partial charge in [-0.05, 0) is 42.0 Å². The van der Waals surface area contributed by atoms with E-state index in [1.807, 2.05) is 42.5 Å².